The lowest BCUT2D eigenvalue weighted by Gasteiger charge is -2.49. The topological polar surface area (TPSA) is 487 Å². The van der Waals surface area contributed by atoms with Crippen molar-refractivity contribution in [3.63, 3.8) is 0 Å². The van der Waals surface area contributed by atoms with Crippen molar-refractivity contribution in [2.75, 3.05) is 0 Å². The van der Waals surface area contributed by atoms with Crippen LogP contribution in [0.3, 0.4) is 0 Å². The van der Waals surface area contributed by atoms with Crippen molar-refractivity contribution in [1.29, 1.82) is 0 Å². The molecule has 48 heteroatoms. The molecule has 12 unspecified atom stereocenters. The number of hydrogen-bond donors (Lipinski definition) is 6. The molecule has 0 saturated carbocycles. The third kappa shape index (κ3) is 8.41. The van der Waals surface area contributed by atoms with Crippen molar-refractivity contribution in [2.45, 2.75) is 115 Å². The summed E-state index contributed by atoms with van der Waals surface area (Å²) >= 11 is 0. The van der Waals surface area contributed by atoms with Crippen LogP contribution in [0, 0.1) is 0 Å². The lowest BCUT2D eigenvalue weighted by molar-refractivity contribution is 0.142. The predicted molar refractivity (Wildman–Crippen MR) is 399 cm³/mol. The van der Waals surface area contributed by atoms with Crippen LogP contribution in [0.5, 0.6) is 0 Å². The fourth-order valence-corrected chi connectivity index (χ4v) is 17.3. The summed E-state index contributed by atoms with van der Waals surface area (Å²) in [5.74, 6) is 2.78. The molecule has 0 aromatic carbocycles. The third-order valence-corrected chi connectivity index (χ3v) is 22.9. The minimum atomic E-state index is -0.708. The summed E-state index contributed by atoms with van der Waals surface area (Å²) in [6, 6.07) is 1.08. The van der Waals surface area contributed by atoms with E-state index < -0.39 is 67.5 Å². The Balaban J connectivity index is 0.000000113. The maximum atomic E-state index is 13.4. The molecule has 0 amide bonds. The Labute approximate surface area is 614 Å². The number of fused-ring (bicyclic) bond motifs is 36. The van der Waals surface area contributed by atoms with Gasteiger partial charge in [-0.25, -0.2) is 85.1 Å². The Morgan fingerprint density at radius 2 is 0.468 bits per heavy atom. The SMILES string of the molecule is CC1NC(C)C2N=C3N(C4=NC5C(C)NC(C)NC5N4C4=NC5C(C)NC(C)NC5N34)C2N1.Cn1c(=O)c2c(nc3n2c2nc4c(c(=O)n(C)c(=O)n4C)n2c2nc4c(c(=O)n(C)c(=O)n4C)n32)n(C)c1=O.Cn1c(=O)c2nc3n(c2n(C)c1=O)c1nc2c(=O)n(C)c(=O)n(C)c2n1c1nc2c(=O)n(C)c(=O)n(C)c2n31. The van der Waals surface area contributed by atoms with E-state index in [4.69, 9.17) is 15.0 Å². The number of nitrogens with one attached hydrogen (secondary N) is 6. The van der Waals surface area contributed by atoms with Crippen molar-refractivity contribution < 1.29 is 0 Å². The molecule has 4 saturated heterocycles. The highest BCUT2D eigenvalue weighted by Gasteiger charge is 2.62. The summed E-state index contributed by atoms with van der Waals surface area (Å²) in [4.78, 5) is 207. The second kappa shape index (κ2) is 22.4. The van der Waals surface area contributed by atoms with Crippen molar-refractivity contribution in [1.82, 2.24) is 158 Å². The van der Waals surface area contributed by atoms with E-state index in [0.29, 0.717) is 0 Å². The smallest absolute Gasteiger partial charge is 0.297 e. The van der Waals surface area contributed by atoms with Gasteiger partial charge in [0.1, 0.15) is 36.6 Å². The lowest BCUT2D eigenvalue weighted by atomic mass is 10.0. The van der Waals surface area contributed by atoms with Gasteiger partial charge in [0.2, 0.25) is 52.5 Å². The number of aromatic nitrogens is 24. The van der Waals surface area contributed by atoms with E-state index in [1.165, 1.54) is 125 Å². The number of nitrogens with zero attached hydrogens (tertiary/aromatic N) is 30. The molecule has 7 aliphatic rings. The van der Waals surface area contributed by atoms with Crippen LogP contribution in [0.15, 0.2) is 72.5 Å². The van der Waals surface area contributed by atoms with E-state index >= 15 is 0 Å². The summed E-state index contributed by atoms with van der Waals surface area (Å²) in [7, 11) is 16.4. The number of aliphatic imine (C=N–C) groups is 3. The highest BCUT2D eigenvalue weighted by molar-refractivity contribution is 6.19. The van der Waals surface area contributed by atoms with Crippen molar-refractivity contribution in [3.8, 4) is 0 Å². The standard InChI is InChI=1S/2C21H18N12O6.C21H36N12/c1-25-10-7(13(34)28(4)19(25)37)31-16(22-10)32-8-11(26(2)20(38)29(5)14(8)35)24-18(32)33-9-12(23-17(31)33)27(3)21(39)30(6)15(9)36;1-25-10-7(13(34)28(4)19(25)37)22-16-31(10)17-23-8-11(26(2)20(38)29(5)14(8)35)33(17)18-24-9-12(32(16)18)27(3)21(39)30(6)15(9)36;1-7-13-16(25-10(4)22-7)31-19(28-13)32-17-14(8(2)23-11(5)26-17)30-21(32)33-18-15(29-20(31)33)9(3)24-12(6)27-18/h2*1-6H3;7-18,22-27H,1-6H3. The molecule has 0 spiro atoms. The summed E-state index contributed by atoms with van der Waals surface area (Å²) in [6.45, 7) is 13.2. The van der Waals surface area contributed by atoms with Gasteiger partial charge in [-0.05, 0) is 41.5 Å². The molecule has 14 aromatic rings. The highest BCUT2D eigenvalue weighted by atomic mass is 16.2. The zero-order chi connectivity index (χ0) is 78.7. The van der Waals surface area contributed by atoms with Gasteiger partial charge in [-0.1, -0.05) is 0 Å². The molecule has 7 aliphatic heterocycles. The van der Waals surface area contributed by atoms with Crippen LogP contribution in [-0.2, 0) is 84.6 Å². The maximum absolute atomic E-state index is 13.4. The average molecular weight is 1530 g/mol. The molecule has 21 rings (SSSR count). The molecular formula is C63H72N36O12. The summed E-state index contributed by atoms with van der Waals surface area (Å²) in [6.07, 6.45) is 0.781. The van der Waals surface area contributed by atoms with E-state index in [9.17, 15) is 57.5 Å². The van der Waals surface area contributed by atoms with Crippen LogP contribution in [0.4, 0.5) is 0 Å². The van der Waals surface area contributed by atoms with Gasteiger partial charge in [0, 0.05) is 103 Å². The minimum absolute atomic E-state index is 0.00585. The second-order valence-electron chi connectivity index (χ2n) is 29.5. The minimum Gasteiger partial charge on any atom is -0.297 e. The Kier molecular flexibility index (Phi) is 13.8. The zero-order valence-electron chi connectivity index (χ0n) is 62.7. The van der Waals surface area contributed by atoms with Gasteiger partial charge in [0.25, 0.3) is 33.4 Å². The predicted octanol–water partition coefficient (Wildman–Crippen LogP) is -9.56. The Bertz CT molecular complexity index is 6890. The molecule has 0 aliphatic carbocycles. The fourth-order valence-electron chi connectivity index (χ4n) is 17.3. The Morgan fingerprint density at radius 1 is 0.252 bits per heavy atom. The molecule has 12 atom stereocenters. The summed E-state index contributed by atoms with van der Waals surface area (Å²) in [5.41, 5.74) is -8.55. The zero-order valence-corrected chi connectivity index (χ0v) is 62.7. The molecule has 0 bridgehead atoms. The largest absolute Gasteiger partial charge is 0.332 e. The number of hydrogen-bond acceptors (Lipinski definition) is 30. The van der Waals surface area contributed by atoms with E-state index in [1.807, 2.05) is 0 Å². The first-order valence-electron chi connectivity index (χ1n) is 35.4. The maximum Gasteiger partial charge on any atom is 0.332 e. The quantitative estimate of drug-likeness (QED) is 0.0821. The monoisotopic (exact) mass is 1520 g/mol. The number of rotatable bonds is 0. The van der Waals surface area contributed by atoms with Gasteiger partial charge < -0.3 is 0 Å². The van der Waals surface area contributed by atoms with Crippen LogP contribution in [0.2, 0.25) is 0 Å². The molecule has 21 heterocycles. The lowest BCUT2D eigenvalue weighted by Crippen LogP contribution is -2.76. The van der Waals surface area contributed by atoms with E-state index in [1.54, 1.807) is 0 Å². The summed E-state index contributed by atoms with van der Waals surface area (Å²) in [5, 5.41) is 22.1. The molecule has 576 valence electrons. The molecule has 0 radical (unpaired) electrons. The molecule has 111 heavy (non-hydrogen) atoms. The first-order chi connectivity index (χ1) is 52.6. The molecule has 6 N–H and O–H groups in total. The Morgan fingerprint density at radius 3 is 0.712 bits per heavy atom. The van der Waals surface area contributed by atoms with E-state index in [2.05, 4.69) is 118 Å². The van der Waals surface area contributed by atoms with Gasteiger partial charge >= 0.3 is 34.1 Å². The normalized spacial score (nSPS) is 24.3. The van der Waals surface area contributed by atoms with Crippen molar-refractivity contribution >= 4 is 120 Å². The van der Waals surface area contributed by atoms with Crippen LogP contribution >= 0.6 is 0 Å². The number of aryl methyl sites for hydroxylation is 6. The summed E-state index contributed by atoms with van der Waals surface area (Å²) < 4.78 is 20.4. The van der Waals surface area contributed by atoms with Gasteiger partial charge in [0.05, 0.1) is 18.5 Å². The van der Waals surface area contributed by atoms with Gasteiger partial charge in [-0.3, -0.25) is 130 Å². The van der Waals surface area contributed by atoms with Crippen molar-refractivity contribution in [3.05, 3.63) is 125 Å². The van der Waals surface area contributed by atoms with Gasteiger partial charge in [-0.15, -0.1) is 0 Å². The Hall–Kier alpha value is -12.9. The average Bonchev–Trinajstić information content (AvgIpc) is 1.53. The second-order valence-corrected chi connectivity index (χ2v) is 29.5. The van der Waals surface area contributed by atoms with Gasteiger partial charge in [-0.2, -0.15) is 15.0 Å². The highest BCUT2D eigenvalue weighted by Crippen LogP contribution is 2.40. The molecule has 4 fully saturated rings. The van der Waals surface area contributed by atoms with Crippen LogP contribution in [-0.4, -0.2) is 217 Å². The first-order valence-corrected chi connectivity index (χ1v) is 35.4. The van der Waals surface area contributed by atoms with E-state index in [-0.39, 0.29) is 175 Å². The molecule has 48 nitrogen and oxygen atoms in total. The van der Waals surface area contributed by atoms with Gasteiger partial charge in [0.15, 0.2) is 67.0 Å². The number of guanidine groups is 3. The fraction of sp³-hybridized carbons (Fsp3) is 0.476. The van der Waals surface area contributed by atoms with E-state index in [0.717, 1.165) is 59.0 Å². The van der Waals surface area contributed by atoms with Crippen LogP contribution in [0.1, 0.15) is 41.5 Å². The van der Waals surface area contributed by atoms with Crippen molar-refractivity contribution in [2.24, 2.45) is 99.5 Å². The first kappa shape index (κ1) is 68.6. The number of imidazole rings is 6. The molecular weight excluding hydrogens is 1450 g/mol. The third-order valence-electron chi connectivity index (χ3n) is 22.9. The molecule has 14 aromatic heterocycles. The van der Waals surface area contributed by atoms with Crippen LogP contribution in [0.25, 0.3) is 102 Å². The van der Waals surface area contributed by atoms with Crippen LogP contribution < -0.4 is 99.4 Å².